The molecule has 1 N–H and O–H groups in total. The smallest absolute Gasteiger partial charge is 0.261 e. The van der Waals surface area contributed by atoms with Crippen LogP contribution in [0.4, 0.5) is 0 Å². The molecule has 26 heavy (non-hydrogen) atoms. The van der Waals surface area contributed by atoms with Gasteiger partial charge in [0.25, 0.3) is 5.91 Å². The summed E-state index contributed by atoms with van der Waals surface area (Å²) in [6.45, 7) is 4.67. The molecule has 2 rings (SSSR count). The highest BCUT2D eigenvalue weighted by molar-refractivity contribution is 7.98. The molecule has 0 aliphatic heterocycles. The van der Waals surface area contributed by atoms with Crippen molar-refractivity contribution in [2.75, 3.05) is 19.4 Å². The normalized spacial score (nSPS) is 11.7. The molecule has 0 fully saturated rings. The summed E-state index contributed by atoms with van der Waals surface area (Å²) in [6, 6.07) is 15.8. The zero-order valence-corrected chi connectivity index (χ0v) is 16.5. The fraction of sp³-hybridized carbons (Fsp3) is 0.381. The molecule has 4 nitrogen and oxygen atoms in total. The lowest BCUT2D eigenvalue weighted by molar-refractivity contribution is -0.127. The van der Waals surface area contributed by atoms with Gasteiger partial charge in [-0.15, -0.1) is 0 Å². The van der Waals surface area contributed by atoms with Gasteiger partial charge in [-0.3, -0.25) is 4.79 Å². The van der Waals surface area contributed by atoms with Crippen LogP contribution in [0.3, 0.4) is 0 Å². The highest BCUT2D eigenvalue weighted by atomic mass is 32.2. The molecule has 0 spiro atoms. The van der Waals surface area contributed by atoms with E-state index in [-0.39, 0.29) is 5.91 Å². The van der Waals surface area contributed by atoms with Crippen molar-refractivity contribution in [2.45, 2.75) is 32.1 Å². The minimum atomic E-state index is -0.496. The monoisotopic (exact) mass is 373 g/mol. The lowest BCUT2D eigenvalue weighted by Crippen LogP contribution is -2.39. The molecule has 0 saturated carbocycles. The first-order chi connectivity index (χ1) is 12.6. The SMILES string of the molecule is CC[C@@H](Oc1cccc(OC)c1)C(=O)NCCSCc1cccc(C)c1. The van der Waals surface area contributed by atoms with Gasteiger partial charge < -0.3 is 14.8 Å². The fourth-order valence-electron chi connectivity index (χ4n) is 2.51. The number of methoxy groups -OCH3 is 1. The number of carbonyl (C=O) groups is 1. The molecular formula is C21H27NO3S. The highest BCUT2D eigenvalue weighted by Gasteiger charge is 2.18. The molecule has 140 valence electrons. The molecule has 0 aliphatic rings. The van der Waals surface area contributed by atoms with E-state index in [9.17, 15) is 4.79 Å². The van der Waals surface area contributed by atoms with Crippen molar-refractivity contribution in [2.24, 2.45) is 0 Å². The summed E-state index contributed by atoms with van der Waals surface area (Å²) in [4.78, 5) is 12.3. The van der Waals surface area contributed by atoms with E-state index in [2.05, 4.69) is 36.5 Å². The minimum Gasteiger partial charge on any atom is -0.497 e. The van der Waals surface area contributed by atoms with E-state index in [0.29, 0.717) is 24.5 Å². The molecule has 0 bridgehead atoms. The molecule has 1 amide bonds. The zero-order chi connectivity index (χ0) is 18.8. The van der Waals surface area contributed by atoms with Gasteiger partial charge in [-0.05, 0) is 31.0 Å². The van der Waals surface area contributed by atoms with Gasteiger partial charge in [-0.1, -0.05) is 42.8 Å². The van der Waals surface area contributed by atoms with Crippen molar-refractivity contribution < 1.29 is 14.3 Å². The average molecular weight is 374 g/mol. The van der Waals surface area contributed by atoms with E-state index in [1.165, 1.54) is 11.1 Å². The Morgan fingerprint density at radius 2 is 1.92 bits per heavy atom. The van der Waals surface area contributed by atoms with Gasteiger partial charge in [0.1, 0.15) is 11.5 Å². The molecular weight excluding hydrogens is 346 g/mol. The second kappa shape index (κ2) is 10.8. The van der Waals surface area contributed by atoms with Crippen LogP contribution in [0.2, 0.25) is 0 Å². The van der Waals surface area contributed by atoms with Crippen molar-refractivity contribution in [1.82, 2.24) is 5.32 Å². The third-order valence-corrected chi connectivity index (χ3v) is 4.91. The van der Waals surface area contributed by atoms with E-state index in [4.69, 9.17) is 9.47 Å². The van der Waals surface area contributed by atoms with Crippen molar-refractivity contribution in [3.63, 3.8) is 0 Å². The van der Waals surface area contributed by atoms with Crippen LogP contribution in [0.1, 0.15) is 24.5 Å². The van der Waals surface area contributed by atoms with Crippen LogP contribution < -0.4 is 14.8 Å². The molecule has 0 heterocycles. The third kappa shape index (κ3) is 6.64. The number of nitrogens with one attached hydrogen (secondary N) is 1. The number of hydrogen-bond donors (Lipinski definition) is 1. The van der Waals surface area contributed by atoms with Gasteiger partial charge in [0.15, 0.2) is 6.10 Å². The number of benzene rings is 2. The van der Waals surface area contributed by atoms with Gasteiger partial charge in [0.05, 0.1) is 7.11 Å². The maximum Gasteiger partial charge on any atom is 0.261 e. The number of carbonyl (C=O) groups excluding carboxylic acids is 1. The summed E-state index contributed by atoms with van der Waals surface area (Å²) in [5.74, 6) is 3.10. The van der Waals surface area contributed by atoms with Gasteiger partial charge in [0.2, 0.25) is 0 Å². The summed E-state index contributed by atoms with van der Waals surface area (Å²) in [7, 11) is 1.61. The maximum atomic E-state index is 12.3. The van der Waals surface area contributed by atoms with E-state index in [1.807, 2.05) is 36.9 Å². The average Bonchev–Trinajstić information content (AvgIpc) is 2.66. The molecule has 1 atom stereocenters. The topological polar surface area (TPSA) is 47.6 Å². The molecule has 0 aromatic heterocycles. The summed E-state index contributed by atoms with van der Waals surface area (Å²) in [6.07, 6.45) is 0.114. The summed E-state index contributed by atoms with van der Waals surface area (Å²) < 4.78 is 11.0. The van der Waals surface area contributed by atoms with Gasteiger partial charge >= 0.3 is 0 Å². The van der Waals surface area contributed by atoms with Crippen molar-refractivity contribution in [3.8, 4) is 11.5 Å². The van der Waals surface area contributed by atoms with Crippen LogP contribution in [0.5, 0.6) is 11.5 Å². The van der Waals surface area contributed by atoms with Crippen LogP contribution in [0.15, 0.2) is 48.5 Å². The quantitative estimate of drug-likeness (QED) is 0.634. The van der Waals surface area contributed by atoms with E-state index < -0.39 is 6.10 Å². The Bertz CT molecular complexity index is 705. The second-order valence-corrected chi connectivity index (χ2v) is 7.13. The Hall–Kier alpha value is -2.14. The minimum absolute atomic E-state index is 0.0773. The van der Waals surface area contributed by atoms with E-state index in [1.54, 1.807) is 13.2 Å². The molecule has 5 heteroatoms. The number of aryl methyl sites for hydroxylation is 1. The van der Waals surface area contributed by atoms with Crippen molar-refractivity contribution in [3.05, 3.63) is 59.7 Å². The summed E-state index contributed by atoms with van der Waals surface area (Å²) in [5.41, 5.74) is 2.59. The van der Waals surface area contributed by atoms with Gasteiger partial charge in [-0.2, -0.15) is 11.8 Å². The first-order valence-corrected chi connectivity index (χ1v) is 9.99. The second-order valence-electron chi connectivity index (χ2n) is 6.03. The number of amides is 1. The van der Waals surface area contributed by atoms with Gasteiger partial charge in [0, 0.05) is 24.1 Å². The first-order valence-electron chi connectivity index (χ1n) is 8.84. The molecule has 2 aromatic carbocycles. The van der Waals surface area contributed by atoms with Crippen LogP contribution in [-0.2, 0) is 10.5 Å². The van der Waals surface area contributed by atoms with Crippen LogP contribution >= 0.6 is 11.8 Å². The lowest BCUT2D eigenvalue weighted by Gasteiger charge is -2.17. The number of thioether (sulfide) groups is 1. The molecule has 0 unspecified atom stereocenters. The molecule has 0 aliphatic carbocycles. The van der Waals surface area contributed by atoms with Crippen LogP contribution in [-0.4, -0.2) is 31.4 Å². The Labute approximate surface area is 160 Å². The van der Waals surface area contributed by atoms with Crippen molar-refractivity contribution >= 4 is 17.7 Å². The number of hydrogen-bond acceptors (Lipinski definition) is 4. The fourth-order valence-corrected chi connectivity index (χ4v) is 3.32. The van der Waals surface area contributed by atoms with Crippen LogP contribution in [0.25, 0.3) is 0 Å². The number of ether oxygens (including phenoxy) is 2. The van der Waals surface area contributed by atoms with Crippen LogP contribution in [0, 0.1) is 6.92 Å². The molecule has 0 radical (unpaired) electrons. The summed E-state index contributed by atoms with van der Waals surface area (Å²) >= 11 is 1.81. The molecule has 0 saturated heterocycles. The largest absolute Gasteiger partial charge is 0.497 e. The standard InChI is InChI=1S/C21H27NO3S/c1-4-20(25-19-10-6-9-18(14-19)24-3)21(23)22-11-12-26-15-17-8-5-7-16(2)13-17/h5-10,13-14,20H,4,11-12,15H2,1-3H3,(H,22,23)/t20-/m1/s1. The first kappa shape index (κ1) is 20.2. The Balaban J connectivity index is 1.72. The van der Waals surface area contributed by atoms with E-state index in [0.717, 1.165) is 11.5 Å². The Morgan fingerprint density at radius 3 is 2.65 bits per heavy atom. The molecule has 2 aromatic rings. The predicted octanol–water partition coefficient (Wildman–Crippen LogP) is 4.21. The zero-order valence-electron chi connectivity index (χ0n) is 15.7. The highest BCUT2D eigenvalue weighted by Crippen LogP contribution is 2.20. The van der Waals surface area contributed by atoms with E-state index >= 15 is 0 Å². The Morgan fingerprint density at radius 1 is 1.15 bits per heavy atom. The van der Waals surface area contributed by atoms with Gasteiger partial charge in [-0.25, -0.2) is 0 Å². The lowest BCUT2D eigenvalue weighted by atomic mass is 10.2. The third-order valence-electron chi connectivity index (χ3n) is 3.88. The Kier molecular flexibility index (Phi) is 8.35. The summed E-state index contributed by atoms with van der Waals surface area (Å²) in [5, 5.41) is 2.96. The maximum absolute atomic E-state index is 12.3. The number of rotatable bonds is 10. The van der Waals surface area contributed by atoms with Crippen molar-refractivity contribution in [1.29, 1.82) is 0 Å². The predicted molar refractivity (Wildman–Crippen MR) is 108 cm³/mol.